The molecule has 2 rings (SSSR count). The number of nitrogens with zero attached hydrogens (tertiary/aromatic N) is 3. The lowest BCUT2D eigenvalue weighted by Gasteiger charge is -2.30. The molecule has 5 nitrogen and oxygen atoms in total. The summed E-state index contributed by atoms with van der Waals surface area (Å²) in [6.07, 6.45) is 5.14. The van der Waals surface area contributed by atoms with E-state index in [2.05, 4.69) is 19.6 Å². The van der Waals surface area contributed by atoms with E-state index in [0.717, 1.165) is 19.4 Å². The number of nitrogens with one attached hydrogen (secondary N) is 1. The molecule has 1 aliphatic heterocycles. The van der Waals surface area contributed by atoms with E-state index in [4.69, 9.17) is 0 Å². The van der Waals surface area contributed by atoms with E-state index in [1.807, 2.05) is 13.3 Å². The molecule has 1 aromatic rings. The number of amides is 1. The number of aromatic nitrogens is 2. The second-order valence-electron chi connectivity index (χ2n) is 4.07. The van der Waals surface area contributed by atoms with Crippen molar-refractivity contribution < 1.29 is 4.79 Å². The Bertz CT molecular complexity index is 395. The fourth-order valence-corrected chi connectivity index (χ4v) is 3.07. The van der Waals surface area contributed by atoms with Crippen molar-refractivity contribution in [2.24, 2.45) is 0 Å². The van der Waals surface area contributed by atoms with Crippen LogP contribution in [0.3, 0.4) is 0 Å². The second-order valence-corrected chi connectivity index (χ2v) is 5.59. The van der Waals surface area contributed by atoms with Gasteiger partial charge in [-0.05, 0) is 32.7 Å². The van der Waals surface area contributed by atoms with E-state index in [1.165, 1.54) is 29.7 Å². The number of carbonyl (C=O) groups is 1. The highest BCUT2D eigenvalue weighted by molar-refractivity contribution is 7.98. The highest BCUT2D eigenvalue weighted by Gasteiger charge is 2.26. The van der Waals surface area contributed by atoms with Crippen molar-refractivity contribution in [3.8, 4) is 0 Å². The topological polar surface area (TPSA) is 58.1 Å². The minimum Gasteiger partial charge on any atom is -0.299 e. The van der Waals surface area contributed by atoms with Gasteiger partial charge < -0.3 is 0 Å². The van der Waals surface area contributed by atoms with Gasteiger partial charge in [0, 0.05) is 11.5 Å². The molecule has 1 aliphatic rings. The molecule has 17 heavy (non-hydrogen) atoms. The maximum Gasteiger partial charge on any atom is 0.243 e. The van der Waals surface area contributed by atoms with E-state index < -0.39 is 0 Å². The van der Waals surface area contributed by atoms with Crippen molar-refractivity contribution >= 4 is 34.3 Å². The molecule has 0 spiro atoms. The molecular formula is C10H16N4OS2. The summed E-state index contributed by atoms with van der Waals surface area (Å²) in [7, 11) is 2.00. The molecule has 1 aromatic heterocycles. The van der Waals surface area contributed by atoms with Gasteiger partial charge in [0.15, 0.2) is 0 Å². The van der Waals surface area contributed by atoms with Crippen LogP contribution in [0.5, 0.6) is 0 Å². The maximum atomic E-state index is 12.1. The standard InChI is InChI=1S/C10H16N4OS2/c1-14-6-4-3-5-7(14)8(15)11-9-12-10(16-2)13-17-9/h7H,3-6H2,1-2H3,(H,11,12,13,15)/t7-/m1/s1. The first-order valence-electron chi connectivity index (χ1n) is 5.59. The summed E-state index contributed by atoms with van der Waals surface area (Å²) < 4.78 is 4.12. The Morgan fingerprint density at radius 3 is 3.06 bits per heavy atom. The van der Waals surface area contributed by atoms with E-state index in [0.29, 0.717) is 10.3 Å². The molecule has 1 atom stereocenters. The Balaban J connectivity index is 1.95. The molecule has 0 radical (unpaired) electrons. The summed E-state index contributed by atoms with van der Waals surface area (Å²) in [5.74, 6) is 0.0380. The first kappa shape index (κ1) is 12.8. The van der Waals surface area contributed by atoms with E-state index in [9.17, 15) is 4.79 Å². The zero-order valence-corrected chi connectivity index (χ0v) is 11.6. The highest BCUT2D eigenvalue weighted by atomic mass is 32.2. The van der Waals surface area contributed by atoms with Gasteiger partial charge >= 0.3 is 0 Å². The zero-order chi connectivity index (χ0) is 12.3. The highest BCUT2D eigenvalue weighted by Crippen LogP contribution is 2.20. The van der Waals surface area contributed by atoms with Crippen LogP contribution in [0.4, 0.5) is 5.13 Å². The average molecular weight is 272 g/mol. The average Bonchev–Trinajstić information content (AvgIpc) is 2.77. The summed E-state index contributed by atoms with van der Waals surface area (Å²) in [5.41, 5.74) is 0. The molecule has 0 unspecified atom stereocenters. The summed E-state index contributed by atoms with van der Waals surface area (Å²) in [5, 5.41) is 4.15. The predicted octanol–water partition coefficient (Wildman–Crippen LogP) is 1.68. The SMILES string of the molecule is CSc1nsc(NC(=O)[C@H]2CCCCN2C)n1. The minimum absolute atomic E-state index is 0.0228. The molecular weight excluding hydrogens is 256 g/mol. The number of piperidine rings is 1. The number of likely N-dealkylation sites (tertiary alicyclic amines) is 1. The molecule has 1 fully saturated rings. The Hall–Kier alpha value is -0.660. The molecule has 7 heteroatoms. The van der Waals surface area contributed by atoms with Gasteiger partial charge in [-0.25, -0.2) is 0 Å². The first-order valence-corrected chi connectivity index (χ1v) is 7.59. The number of thioether (sulfide) groups is 1. The van der Waals surface area contributed by atoms with Crippen molar-refractivity contribution in [3.63, 3.8) is 0 Å². The van der Waals surface area contributed by atoms with Crippen LogP contribution in [-0.2, 0) is 4.79 Å². The number of anilines is 1. The van der Waals surface area contributed by atoms with Gasteiger partial charge in [0.2, 0.25) is 16.2 Å². The van der Waals surface area contributed by atoms with Crippen LogP contribution in [0, 0.1) is 0 Å². The fourth-order valence-electron chi connectivity index (χ4n) is 1.94. The Morgan fingerprint density at radius 1 is 1.59 bits per heavy atom. The molecule has 1 N–H and O–H groups in total. The fraction of sp³-hybridized carbons (Fsp3) is 0.700. The van der Waals surface area contributed by atoms with Crippen LogP contribution in [0.25, 0.3) is 0 Å². The van der Waals surface area contributed by atoms with Crippen LogP contribution in [0.1, 0.15) is 19.3 Å². The van der Waals surface area contributed by atoms with Crippen molar-refractivity contribution in [1.82, 2.24) is 14.3 Å². The van der Waals surface area contributed by atoms with Crippen LogP contribution in [0.2, 0.25) is 0 Å². The van der Waals surface area contributed by atoms with Crippen LogP contribution in [-0.4, -0.2) is 46.1 Å². The lowest BCUT2D eigenvalue weighted by atomic mass is 10.0. The van der Waals surface area contributed by atoms with Gasteiger partial charge in [-0.3, -0.25) is 15.0 Å². The van der Waals surface area contributed by atoms with Gasteiger partial charge in [0.05, 0.1) is 6.04 Å². The predicted molar refractivity (Wildman–Crippen MR) is 70.6 cm³/mol. The first-order chi connectivity index (χ1) is 8.20. The third kappa shape index (κ3) is 3.17. The third-order valence-corrected chi connectivity index (χ3v) is 4.19. The van der Waals surface area contributed by atoms with Gasteiger partial charge in [-0.15, -0.1) is 0 Å². The van der Waals surface area contributed by atoms with E-state index >= 15 is 0 Å². The van der Waals surface area contributed by atoms with Gasteiger partial charge in [0.25, 0.3) is 0 Å². The smallest absolute Gasteiger partial charge is 0.243 e. The summed E-state index contributed by atoms with van der Waals surface area (Å²) in [4.78, 5) is 18.4. The van der Waals surface area contributed by atoms with Gasteiger partial charge in [0.1, 0.15) is 0 Å². The Labute approximate surface area is 109 Å². The molecule has 1 saturated heterocycles. The number of rotatable bonds is 3. The summed E-state index contributed by atoms with van der Waals surface area (Å²) in [6.45, 7) is 0.990. The Kier molecular flexibility index (Phi) is 4.36. The van der Waals surface area contributed by atoms with Crippen molar-refractivity contribution in [2.75, 3.05) is 25.2 Å². The molecule has 0 saturated carbocycles. The lowest BCUT2D eigenvalue weighted by molar-refractivity contribution is -0.121. The summed E-state index contributed by atoms with van der Waals surface area (Å²) in [6, 6.07) is -0.0228. The van der Waals surface area contributed by atoms with Gasteiger partial charge in [-0.1, -0.05) is 18.2 Å². The molecule has 0 aromatic carbocycles. The van der Waals surface area contributed by atoms with Crippen molar-refractivity contribution in [3.05, 3.63) is 0 Å². The molecule has 0 bridgehead atoms. The number of carbonyl (C=O) groups excluding carboxylic acids is 1. The maximum absolute atomic E-state index is 12.1. The summed E-state index contributed by atoms with van der Waals surface area (Å²) >= 11 is 2.71. The van der Waals surface area contributed by atoms with E-state index in [-0.39, 0.29) is 11.9 Å². The van der Waals surface area contributed by atoms with E-state index in [1.54, 1.807) is 0 Å². The monoisotopic (exact) mass is 272 g/mol. The van der Waals surface area contributed by atoms with Crippen LogP contribution < -0.4 is 5.32 Å². The molecule has 2 heterocycles. The third-order valence-electron chi connectivity index (χ3n) is 2.89. The molecule has 0 aliphatic carbocycles. The zero-order valence-electron chi connectivity index (χ0n) is 9.97. The van der Waals surface area contributed by atoms with Gasteiger partial charge in [-0.2, -0.15) is 9.36 Å². The minimum atomic E-state index is -0.0228. The molecule has 1 amide bonds. The number of hydrogen-bond donors (Lipinski definition) is 1. The quantitative estimate of drug-likeness (QED) is 0.848. The lowest BCUT2D eigenvalue weighted by Crippen LogP contribution is -2.44. The van der Waals surface area contributed by atoms with Crippen LogP contribution >= 0.6 is 23.3 Å². The van der Waals surface area contributed by atoms with Crippen molar-refractivity contribution in [2.45, 2.75) is 30.5 Å². The number of hydrogen-bond acceptors (Lipinski definition) is 6. The molecule has 94 valence electrons. The second kappa shape index (κ2) is 5.79. The Morgan fingerprint density at radius 2 is 2.41 bits per heavy atom. The van der Waals surface area contributed by atoms with Crippen LogP contribution in [0.15, 0.2) is 5.16 Å². The largest absolute Gasteiger partial charge is 0.299 e. The normalized spacial score (nSPS) is 21.4. The number of likely N-dealkylation sites (N-methyl/N-ethyl adjacent to an activating group) is 1. The van der Waals surface area contributed by atoms with Crippen molar-refractivity contribution in [1.29, 1.82) is 0 Å².